The van der Waals surface area contributed by atoms with Crippen molar-refractivity contribution in [3.8, 4) is 0 Å². The van der Waals surface area contributed by atoms with Gasteiger partial charge in [0.05, 0.1) is 24.9 Å². The van der Waals surface area contributed by atoms with Crippen LogP contribution in [-0.2, 0) is 13.1 Å². The molecule has 0 radical (unpaired) electrons. The maximum atomic E-state index is 9.05. The van der Waals surface area contributed by atoms with Crippen molar-refractivity contribution in [3.05, 3.63) is 11.9 Å². The molecule has 0 aromatic carbocycles. The summed E-state index contributed by atoms with van der Waals surface area (Å²) in [6, 6.07) is 0. The molecule has 1 aromatic rings. The minimum Gasteiger partial charge on any atom is -0.394 e. The summed E-state index contributed by atoms with van der Waals surface area (Å²) in [6.45, 7) is 3.88. The first kappa shape index (κ1) is 13.1. The van der Waals surface area contributed by atoms with Crippen molar-refractivity contribution < 1.29 is 10.2 Å². The predicted molar refractivity (Wildman–Crippen MR) is 59.7 cm³/mol. The minimum atomic E-state index is -0.229. The topological polar surface area (TPSA) is 83.2 Å². The van der Waals surface area contributed by atoms with Gasteiger partial charge in [0.15, 0.2) is 0 Å². The maximum absolute atomic E-state index is 9.05. The van der Waals surface area contributed by atoms with Gasteiger partial charge >= 0.3 is 0 Å². The second-order valence-electron chi connectivity index (χ2n) is 3.86. The molecular formula is C10H20N4O2. The van der Waals surface area contributed by atoms with Crippen LogP contribution in [0.4, 0.5) is 0 Å². The van der Waals surface area contributed by atoms with Gasteiger partial charge in [-0.05, 0) is 26.3 Å². The fourth-order valence-corrected chi connectivity index (χ4v) is 1.37. The van der Waals surface area contributed by atoms with Crippen LogP contribution in [0, 0.1) is 0 Å². The number of rotatable bonds is 8. The highest BCUT2D eigenvalue weighted by Gasteiger charge is 2.00. The SMILES string of the molecule is CC(O)CCCNCc1cn(CCO)nn1. The van der Waals surface area contributed by atoms with Gasteiger partial charge in [-0.15, -0.1) is 5.10 Å². The number of aliphatic hydroxyl groups is 2. The Bertz CT molecular complexity index is 288. The van der Waals surface area contributed by atoms with Gasteiger partial charge in [-0.3, -0.25) is 0 Å². The van der Waals surface area contributed by atoms with Gasteiger partial charge in [0.1, 0.15) is 0 Å². The lowest BCUT2D eigenvalue weighted by molar-refractivity contribution is 0.181. The van der Waals surface area contributed by atoms with Crippen LogP contribution in [0.2, 0.25) is 0 Å². The molecular weight excluding hydrogens is 208 g/mol. The number of nitrogens with one attached hydrogen (secondary N) is 1. The van der Waals surface area contributed by atoms with Crippen LogP contribution in [0.1, 0.15) is 25.5 Å². The molecule has 1 unspecified atom stereocenters. The number of aromatic nitrogens is 3. The van der Waals surface area contributed by atoms with E-state index >= 15 is 0 Å². The van der Waals surface area contributed by atoms with E-state index in [4.69, 9.17) is 10.2 Å². The summed E-state index contributed by atoms with van der Waals surface area (Å²) in [4.78, 5) is 0. The smallest absolute Gasteiger partial charge is 0.0964 e. The monoisotopic (exact) mass is 228 g/mol. The Balaban J connectivity index is 2.12. The summed E-state index contributed by atoms with van der Waals surface area (Å²) < 4.78 is 1.62. The first-order valence-electron chi connectivity index (χ1n) is 5.61. The van der Waals surface area contributed by atoms with Gasteiger partial charge in [0.25, 0.3) is 0 Å². The minimum absolute atomic E-state index is 0.0740. The van der Waals surface area contributed by atoms with E-state index in [-0.39, 0.29) is 12.7 Å². The average molecular weight is 228 g/mol. The van der Waals surface area contributed by atoms with E-state index in [0.29, 0.717) is 13.1 Å². The molecule has 0 fully saturated rings. The predicted octanol–water partition coefficient (Wildman–Crippen LogP) is -0.479. The first-order chi connectivity index (χ1) is 7.72. The Kier molecular flexibility index (Phi) is 5.99. The summed E-state index contributed by atoms with van der Waals surface area (Å²) in [6.07, 6.45) is 3.34. The molecule has 1 rings (SSSR count). The molecule has 92 valence electrons. The number of hydrogen-bond donors (Lipinski definition) is 3. The second kappa shape index (κ2) is 7.32. The van der Waals surface area contributed by atoms with Crippen molar-refractivity contribution >= 4 is 0 Å². The van der Waals surface area contributed by atoms with Crippen LogP contribution in [0.3, 0.4) is 0 Å². The fourth-order valence-electron chi connectivity index (χ4n) is 1.37. The van der Waals surface area contributed by atoms with Gasteiger partial charge in [-0.1, -0.05) is 5.21 Å². The van der Waals surface area contributed by atoms with E-state index in [1.54, 1.807) is 11.6 Å². The lowest BCUT2D eigenvalue weighted by atomic mass is 10.2. The first-order valence-corrected chi connectivity index (χ1v) is 5.61. The summed E-state index contributed by atoms with van der Waals surface area (Å²) in [7, 11) is 0. The van der Waals surface area contributed by atoms with Crippen molar-refractivity contribution in [2.24, 2.45) is 0 Å². The summed E-state index contributed by atoms with van der Waals surface area (Å²) in [5, 5.41) is 28.8. The summed E-state index contributed by atoms with van der Waals surface area (Å²) >= 11 is 0. The molecule has 0 aliphatic carbocycles. The molecule has 1 atom stereocenters. The van der Waals surface area contributed by atoms with Gasteiger partial charge in [0, 0.05) is 12.7 Å². The molecule has 1 heterocycles. The van der Waals surface area contributed by atoms with Gasteiger partial charge < -0.3 is 15.5 Å². The van der Waals surface area contributed by atoms with Gasteiger partial charge in [0.2, 0.25) is 0 Å². The summed E-state index contributed by atoms with van der Waals surface area (Å²) in [5.74, 6) is 0. The molecule has 6 nitrogen and oxygen atoms in total. The molecule has 0 aliphatic rings. The zero-order valence-corrected chi connectivity index (χ0v) is 9.63. The van der Waals surface area contributed by atoms with E-state index in [9.17, 15) is 0 Å². The van der Waals surface area contributed by atoms with Crippen molar-refractivity contribution in [1.29, 1.82) is 0 Å². The van der Waals surface area contributed by atoms with Crippen LogP contribution in [-0.4, -0.2) is 44.5 Å². The molecule has 16 heavy (non-hydrogen) atoms. The Morgan fingerprint density at radius 2 is 2.38 bits per heavy atom. The van der Waals surface area contributed by atoms with Crippen molar-refractivity contribution in [2.45, 2.75) is 39.0 Å². The standard InChI is InChI=1S/C10H20N4O2/c1-9(16)3-2-4-11-7-10-8-14(5-6-15)13-12-10/h8-9,11,15-16H,2-7H2,1H3. The fraction of sp³-hybridized carbons (Fsp3) is 0.800. The molecule has 6 heteroatoms. The van der Waals surface area contributed by atoms with Crippen molar-refractivity contribution in [3.63, 3.8) is 0 Å². The van der Waals surface area contributed by atoms with E-state index in [0.717, 1.165) is 25.1 Å². The van der Waals surface area contributed by atoms with Crippen LogP contribution in [0.25, 0.3) is 0 Å². The van der Waals surface area contributed by atoms with E-state index < -0.39 is 0 Å². The second-order valence-corrected chi connectivity index (χ2v) is 3.86. The third-order valence-corrected chi connectivity index (χ3v) is 2.20. The molecule has 0 saturated carbocycles. The normalized spacial score (nSPS) is 12.9. The molecule has 3 N–H and O–H groups in total. The number of nitrogens with zero attached hydrogens (tertiary/aromatic N) is 3. The third-order valence-electron chi connectivity index (χ3n) is 2.20. The zero-order valence-electron chi connectivity index (χ0n) is 9.63. The lowest BCUT2D eigenvalue weighted by Crippen LogP contribution is -2.16. The highest BCUT2D eigenvalue weighted by molar-refractivity contribution is 4.91. The van der Waals surface area contributed by atoms with Crippen LogP contribution in [0.5, 0.6) is 0 Å². The molecule has 0 spiro atoms. The highest BCUT2D eigenvalue weighted by Crippen LogP contribution is 1.95. The van der Waals surface area contributed by atoms with E-state index in [1.165, 1.54) is 0 Å². The summed E-state index contributed by atoms with van der Waals surface area (Å²) in [5.41, 5.74) is 0.866. The Morgan fingerprint density at radius 3 is 3.06 bits per heavy atom. The van der Waals surface area contributed by atoms with Crippen molar-refractivity contribution in [1.82, 2.24) is 20.3 Å². The molecule has 0 bridgehead atoms. The zero-order chi connectivity index (χ0) is 11.8. The average Bonchev–Trinajstić information content (AvgIpc) is 2.65. The van der Waals surface area contributed by atoms with Gasteiger partial charge in [-0.2, -0.15) is 0 Å². The number of hydrogen-bond acceptors (Lipinski definition) is 5. The Hall–Kier alpha value is -0.980. The van der Waals surface area contributed by atoms with E-state index in [1.807, 2.05) is 6.20 Å². The lowest BCUT2D eigenvalue weighted by Gasteiger charge is -2.04. The highest BCUT2D eigenvalue weighted by atomic mass is 16.3. The Labute approximate surface area is 95.3 Å². The van der Waals surface area contributed by atoms with Gasteiger partial charge in [-0.25, -0.2) is 4.68 Å². The molecule has 0 saturated heterocycles. The number of aliphatic hydroxyl groups excluding tert-OH is 2. The van der Waals surface area contributed by atoms with Crippen LogP contribution >= 0.6 is 0 Å². The quantitative estimate of drug-likeness (QED) is 0.523. The largest absolute Gasteiger partial charge is 0.394 e. The Morgan fingerprint density at radius 1 is 1.56 bits per heavy atom. The maximum Gasteiger partial charge on any atom is 0.0964 e. The van der Waals surface area contributed by atoms with E-state index in [2.05, 4.69) is 15.6 Å². The van der Waals surface area contributed by atoms with Crippen molar-refractivity contribution in [2.75, 3.05) is 13.2 Å². The molecule has 0 aliphatic heterocycles. The van der Waals surface area contributed by atoms with Crippen LogP contribution < -0.4 is 5.32 Å². The third kappa shape index (κ3) is 5.20. The molecule has 0 amide bonds. The molecule has 1 aromatic heterocycles. The van der Waals surface area contributed by atoms with Crippen LogP contribution in [0.15, 0.2) is 6.20 Å².